The first-order chi connectivity index (χ1) is 6.00. The van der Waals surface area contributed by atoms with Crippen molar-refractivity contribution in [2.24, 2.45) is 0 Å². The van der Waals surface area contributed by atoms with Gasteiger partial charge < -0.3 is 0 Å². The predicted molar refractivity (Wildman–Crippen MR) is 4.12 cm³/mol. The van der Waals surface area contributed by atoms with E-state index < -0.39 is 40.1 Å². The summed E-state index contributed by atoms with van der Waals surface area (Å²) >= 11 is -16.9. The Kier molecular flexibility index (Phi) is 26.7. The molecule has 0 unspecified atom stereocenters. The van der Waals surface area contributed by atoms with Crippen molar-refractivity contribution in [3.8, 4) is 0 Å². The zero-order valence-corrected chi connectivity index (χ0v) is 13.5. The van der Waals surface area contributed by atoms with E-state index in [2.05, 4.69) is 0 Å². The Morgan fingerprint density at radius 1 is 0.412 bits per heavy atom. The van der Waals surface area contributed by atoms with Gasteiger partial charge in [-0.05, 0) is 0 Å². The molecule has 0 aromatic rings. The molecule has 0 spiro atoms. The molecule has 0 N–H and O–H groups in total. The largest absolute Gasteiger partial charge is 3.00 e. The molecule has 0 aromatic heterocycles. The molecular weight excluding hydrogens is 703 g/mol. The molecule has 0 aliphatic carbocycles. The van der Waals surface area contributed by atoms with Gasteiger partial charge in [-0.25, -0.2) is 0 Å². The second-order valence-corrected chi connectivity index (χ2v) is 4.68. The fraction of sp³-hybridized carbons (Fsp3) is 0. The molecule has 0 amide bonds. The molecule has 0 saturated heterocycles. The van der Waals surface area contributed by atoms with Crippen LogP contribution in [0.3, 0.4) is 0 Å². The van der Waals surface area contributed by atoms with Crippen molar-refractivity contribution in [2.45, 2.75) is 0 Å². The van der Waals surface area contributed by atoms with E-state index in [0.29, 0.717) is 0 Å². The fourth-order valence-electron chi connectivity index (χ4n) is 0. The van der Waals surface area contributed by atoms with Gasteiger partial charge in [0.15, 0.2) is 0 Å². The predicted octanol–water partition coefficient (Wildman–Crippen LogP) is -7.85. The van der Waals surface area contributed by atoms with Crippen LogP contribution in [0.15, 0.2) is 0 Å². The van der Waals surface area contributed by atoms with Gasteiger partial charge in [0.2, 0.25) is 0 Å². The van der Waals surface area contributed by atoms with E-state index in [0.717, 1.165) is 0 Å². The molecule has 0 atom stereocenters. The molecule has 0 saturated carbocycles. The van der Waals surface area contributed by atoms with Gasteiger partial charge in [0, 0.05) is 0 Å². The molecule has 0 heterocycles. The van der Waals surface area contributed by atoms with Gasteiger partial charge in [-0.15, -0.1) is 0 Å². The van der Waals surface area contributed by atoms with Crippen LogP contribution in [0.4, 0.5) is 0 Å². The van der Waals surface area contributed by atoms with Crippen LogP contribution in [0.5, 0.6) is 0 Å². The average molecular weight is 703 g/mol. The van der Waals surface area contributed by atoms with E-state index in [1.54, 1.807) is 0 Å². The van der Waals surface area contributed by atoms with Crippen LogP contribution in [-0.2, 0) is 63.1 Å². The molecule has 17 heavy (non-hydrogen) atoms. The molecule has 0 fully saturated rings. The molecule has 0 aliphatic heterocycles. The van der Waals surface area contributed by atoms with Crippen LogP contribution >= 0.6 is 0 Å². The summed E-state index contributed by atoms with van der Waals surface area (Å²) in [6.07, 6.45) is 0. The number of hydrogen-bond acceptors (Lipinski definition) is 12. The van der Waals surface area contributed by atoms with Gasteiger partial charge in [0.1, 0.15) is 0 Å². The SMILES string of the molecule is [O]=[Mn](=[O])([O-])[O-].[O]=[Mn](=[O])([O-])[O-].[O]=[Mn](=[O])([O-])[O-].[Yb+3].[Yb+3]. The minimum Gasteiger partial charge on any atom is 3.00 e. The molecule has 0 aromatic carbocycles. The number of hydrogen-bond donors (Lipinski definition) is 0. The van der Waals surface area contributed by atoms with E-state index in [-0.39, 0.29) is 93.8 Å². The van der Waals surface area contributed by atoms with Gasteiger partial charge in [0.25, 0.3) is 0 Å². The summed E-state index contributed by atoms with van der Waals surface area (Å²) in [6.45, 7) is 0. The van der Waals surface area contributed by atoms with Crippen molar-refractivity contribution in [1.29, 1.82) is 0 Å². The van der Waals surface area contributed by atoms with Gasteiger partial charge in [0.05, 0.1) is 0 Å². The van der Waals surface area contributed by atoms with Crippen LogP contribution in [0.1, 0.15) is 0 Å². The second kappa shape index (κ2) is 14.1. The Morgan fingerprint density at radius 2 is 0.412 bits per heavy atom. The summed E-state index contributed by atoms with van der Waals surface area (Å²) in [5.74, 6) is 0. The Bertz CT molecular complexity index is 341. The van der Waals surface area contributed by atoms with Crippen molar-refractivity contribution < 1.29 is 182 Å². The van der Waals surface area contributed by atoms with Gasteiger partial charge >= 0.3 is 182 Å². The smallest absolute Gasteiger partial charge is 3.00 e. The molecule has 0 bridgehead atoms. The quantitative estimate of drug-likeness (QED) is 0.214. The molecule has 12 nitrogen and oxygen atoms in total. The minimum atomic E-state index is -5.62. The zero-order chi connectivity index (χ0) is 13.5. The summed E-state index contributed by atoms with van der Waals surface area (Å²) in [6, 6.07) is 0. The summed E-state index contributed by atoms with van der Waals surface area (Å²) in [7, 11) is 0. The van der Waals surface area contributed by atoms with Crippen LogP contribution in [0.2, 0.25) is 0 Å². The minimum absolute atomic E-state index is 0. The average Bonchev–Trinajstić information content (AvgIpc) is 1.41. The van der Waals surface area contributed by atoms with Crippen molar-refractivity contribution in [3.63, 3.8) is 0 Å². The Labute approximate surface area is 178 Å². The molecule has 0 rings (SSSR count). The fourth-order valence-corrected chi connectivity index (χ4v) is 0. The molecule has 0 aliphatic rings. The van der Waals surface area contributed by atoms with Crippen molar-refractivity contribution >= 4 is 0 Å². The first-order valence-corrected chi connectivity index (χ1v) is 7.63. The topological polar surface area (TPSA) is 241 Å². The molecular formula is Mn3O12Yb2. The monoisotopic (exact) mass is 705 g/mol. The third-order valence-electron chi connectivity index (χ3n) is 0. The van der Waals surface area contributed by atoms with E-state index in [4.69, 9.17) is 48.1 Å². The van der Waals surface area contributed by atoms with E-state index >= 15 is 0 Å². The summed E-state index contributed by atoms with van der Waals surface area (Å²) in [4.78, 5) is 0. The van der Waals surface area contributed by atoms with E-state index in [9.17, 15) is 0 Å². The van der Waals surface area contributed by atoms with E-state index in [1.165, 1.54) is 0 Å². The Morgan fingerprint density at radius 3 is 0.412 bits per heavy atom. The number of rotatable bonds is 0. The Balaban J connectivity index is -0.0000000400. The van der Waals surface area contributed by atoms with Crippen LogP contribution in [0, 0.1) is 93.8 Å². The zero-order valence-electron chi connectivity index (χ0n) is 6.57. The standard InChI is InChI=1S/3Mn.12O.2Yb/q;;;;;;;;;6*-1;2*+3. The van der Waals surface area contributed by atoms with Crippen LogP contribution in [0.25, 0.3) is 0 Å². The Hall–Kier alpha value is 3.16. The second-order valence-electron chi connectivity index (χ2n) is 1.13. The summed E-state index contributed by atoms with van der Waals surface area (Å²) < 4.78 is 103. The van der Waals surface area contributed by atoms with Gasteiger partial charge in [-0.3, -0.25) is 0 Å². The van der Waals surface area contributed by atoms with Gasteiger partial charge in [-0.1, -0.05) is 0 Å². The van der Waals surface area contributed by atoms with Crippen molar-refractivity contribution in [2.75, 3.05) is 0 Å². The maximum absolute atomic E-state index is 8.58. The molecule has 121 valence electrons. The summed E-state index contributed by atoms with van der Waals surface area (Å²) in [5, 5.41) is 0. The maximum atomic E-state index is 8.58. The third-order valence-corrected chi connectivity index (χ3v) is 0. The van der Waals surface area contributed by atoms with Crippen LogP contribution in [-0.4, -0.2) is 0 Å². The van der Waals surface area contributed by atoms with Crippen molar-refractivity contribution in [3.05, 3.63) is 0 Å². The third kappa shape index (κ3) is 566. The molecule has 17 heteroatoms. The summed E-state index contributed by atoms with van der Waals surface area (Å²) in [5.41, 5.74) is 0. The first-order valence-electron chi connectivity index (χ1n) is 1.85. The maximum Gasteiger partial charge on any atom is 3.00 e. The van der Waals surface area contributed by atoms with Crippen LogP contribution < -0.4 is 25.1 Å². The van der Waals surface area contributed by atoms with Crippen molar-refractivity contribution in [1.82, 2.24) is 0 Å². The normalized spacial score (nSPS) is 10.2. The first kappa shape index (κ1) is 32.2. The van der Waals surface area contributed by atoms with Gasteiger partial charge in [-0.2, -0.15) is 0 Å². The molecule has 2 radical (unpaired) electrons. The van der Waals surface area contributed by atoms with E-state index in [1.807, 2.05) is 0 Å².